The van der Waals surface area contributed by atoms with Crippen LogP contribution in [0.25, 0.3) is 0 Å². The highest BCUT2D eigenvalue weighted by Gasteiger charge is 2.36. The Morgan fingerprint density at radius 1 is 0.923 bits per heavy atom. The molecule has 136 valence electrons. The molecule has 1 aromatic carbocycles. The van der Waals surface area contributed by atoms with E-state index in [1.54, 1.807) is 0 Å². The van der Waals surface area contributed by atoms with Crippen molar-refractivity contribution in [1.29, 1.82) is 0 Å². The monoisotopic (exact) mass is 350 g/mol. The Morgan fingerprint density at radius 2 is 1.65 bits per heavy atom. The van der Waals surface area contributed by atoms with Crippen LogP contribution in [0, 0.1) is 0 Å². The molecule has 6 rings (SSSR count). The molecule has 4 fully saturated rings. The predicted octanol–water partition coefficient (Wildman–Crippen LogP) is 2.68. The lowest BCUT2D eigenvalue weighted by Gasteiger charge is -2.49. The topological polar surface area (TPSA) is 40.6 Å². The van der Waals surface area contributed by atoms with Crippen molar-refractivity contribution in [3.8, 4) is 5.75 Å². The number of aromatic nitrogens is 1. The minimum Gasteiger partial charge on any atom is -0.489 e. The van der Waals surface area contributed by atoms with E-state index >= 15 is 0 Å². The Morgan fingerprint density at radius 3 is 2.38 bits per heavy atom. The Labute approximate surface area is 155 Å². The fraction of sp³-hybridized carbons (Fsp3) is 0.476. The Balaban J connectivity index is 1.19. The normalized spacial score (nSPS) is 25.7. The van der Waals surface area contributed by atoms with Crippen molar-refractivity contribution >= 4 is 11.4 Å². The first-order valence-electron chi connectivity index (χ1n) is 9.76. The van der Waals surface area contributed by atoms with Crippen molar-refractivity contribution < 1.29 is 4.74 Å². The van der Waals surface area contributed by atoms with Gasteiger partial charge in [0.15, 0.2) is 0 Å². The van der Waals surface area contributed by atoms with E-state index in [2.05, 4.69) is 56.5 Å². The summed E-state index contributed by atoms with van der Waals surface area (Å²) in [6.07, 6.45) is 7.53. The molecular weight excluding hydrogens is 324 g/mol. The van der Waals surface area contributed by atoms with E-state index in [1.165, 1.54) is 17.8 Å². The van der Waals surface area contributed by atoms with Gasteiger partial charge in [-0.15, -0.1) is 0 Å². The van der Waals surface area contributed by atoms with Crippen molar-refractivity contribution in [2.75, 3.05) is 36.0 Å². The maximum absolute atomic E-state index is 6.28. The van der Waals surface area contributed by atoms with Crippen LogP contribution in [-0.4, -0.2) is 49.4 Å². The summed E-state index contributed by atoms with van der Waals surface area (Å²) in [7, 11) is 0. The number of hydrogen-bond donors (Lipinski definition) is 1. The van der Waals surface area contributed by atoms with Gasteiger partial charge in [-0.25, -0.2) is 0 Å². The molecule has 5 heterocycles. The summed E-state index contributed by atoms with van der Waals surface area (Å²) in [5.41, 5.74) is 2.51. The van der Waals surface area contributed by atoms with Gasteiger partial charge in [0.1, 0.15) is 11.9 Å². The second kappa shape index (κ2) is 6.80. The lowest BCUT2D eigenvalue weighted by molar-refractivity contribution is 0.170. The highest BCUT2D eigenvalue weighted by molar-refractivity contribution is 5.50. The summed E-state index contributed by atoms with van der Waals surface area (Å²) in [6, 6.07) is 14.1. The molecule has 5 heteroatoms. The number of rotatable bonds is 4. The molecular formula is C21H26N4O. The average Bonchev–Trinajstić information content (AvgIpc) is 2.69. The van der Waals surface area contributed by atoms with Crippen LogP contribution >= 0.6 is 0 Å². The van der Waals surface area contributed by atoms with E-state index in [4.69, 9.17) is 4.74 Å². The summed E-state index contributed by atoms with van der Waals surface area (Å²) in [4.78, 5) is 9.31. The number of anilines is 2. The van der Waals surface area contributed by atoms with Gasteiger partial charge >= 0.3 is 0 Å². The van der Waals surface area contributed by atoms with Gasteiger partial charge < -0.3 is 19.9 Å². The van der Waals surface area contributed by atoms with Crippen molar-refractivity contribution in [1.82, 2.24) is 10.3 Å². The standard InChI is InChI=1S/C21H26N4O/c1-2-4-18(5-3-1)24-8-6-20(7-9-24)26-21-11-19(12-22-13-21)25-14-16-10-17(15-25)23-16/h1-5,11-13,16-17,20,23H,6-10,14-15H2. The summed E-state index contributed by atoms with van der Waals surface area (Å²) < 4.78 is 6.28. The van der Waals surface area contributed by atoms with Gasteiger partial charge in [0, 0.05) is 62.9 Å². The third kappa shape index (κ3) is 3.23. The predicted molar refractivity (Wildman–Crippen MR) is 104 cm³/mol. The SMILES string of the molecule is c1ccc(N2CCC(Oc3cncc(N4CC5CC(C4)N5)c3)CC2)cc1. The molecule has 0 aliphatic carbocycles. The zero-order valence-corrected chi connectivity index (χ0v) is 15.1. The van der Waals surface area contributed by atoms with Gasteiger partial charge in [0.2, 0.25) is 0 Å². The summed E-state index contributed by atoms with van der Waals surface area (Å²) in [5, 5.41) is 3.58. The molecule has 4 aliphatic heterocycles. The fourth-order valence-electron chi connectivity index (χ4n) is 4.43. The second-order valence-electron chi connectivity index (χ2n) is 7.72. The van der Waals surface area contributed by atoms with E-state index in [0.717, 1.165) is 44.8 Å². The Kier molecular flexibility index (Phi) is 4.17. The number of fused-ring (bicyclic) bond motifs is 2. The van der Waals surface area contributed by atoms with Crippen LogP contribution in [0.2, 0.25) is 0 Å². The van der Waals surface area contributed by atoms with Crippen LogP contribution in [-0.2, 0) is 0 Å². The molecule has 1 N–H and O–H groups in total. The molecule has 4 aliphatic rings. The largest absolute Gasteiger partial charge is 0.489 e. The number of piperidine rings is 2. The molecule has 4 saturated heterocycles. The highest BCUT2D eigenvalue weighted by Crippen LogP contribution is 2.29. The van der Waals surface area contributed by atoms with Crippen LogP contribution in [0.5, 0.6) is 5.75 Å². The van der Waals surface area contributed by atoms with E-state index in [0.29, 0.717) is 12.1 Å². The zero-order chi connectivity index (χ0) is 17.3. The third-order valence-corrected chi connectivity index (χ3v) is 5.85. The molecule has 0 spiro atoms. The van der Waals surface area contributed by atoms with Gasteiger partial charge in [0.05, 0.1) is 18.1 Å². The van der Waals surface area contributed by atoms with Gasteiger partial charge in [-0.2, -0.15) is 0 Å². The first kappa shape index (κ1) is 15.9. The number of para-hydroxylation sites is 1. The first-order chi connectivity index (χ1) is 12.8. The van der Waals surface area contributed by atoms with Crippen molar-refractivity contribution in [2.45, 2.75) is 37.5 Å². The number of benzene rings is 1. The van der Waals surface area contributed by atoms with E-state index in [-0.39, 0.29) is 6.10 Å². The zero-order valence-electron chi connectivity index (χ0n) is 15.1. The molecule has 2 atom stereocenters. The minimum absolute atomic E-state index is 0.281. The number of nitrogens with one attached hydrogen (secondary N) is 1. The second-order valence-corrected chi connectivity index (χ2v) is 7.72. The van der Waals surface area contributed by atoms with E-state index < -0.39 is 0 Å². The van der Waals surface area contributed by atoms with Gasteiger partial charge in [-0.1, -0.05) is 18.2 Å². The smallest absolute Gasteiger partial charge is 0.140 e. The highest BCUT2D eigenvalue weighted by atomic mass is 16.5. The van der Waals surface area contributed by atoms with Gasteiger partial charge in [-0.3, -0.25) is 4.98 Å². The Bertz CT molecular complexity index is 729. The molecule has 2 unspecified atom stereocenters. The van der Waals surface area contributed by atoms with Crippen LogP contribution in [0.4, 0.5) is 11.4 Å². The average molecular weight is 350 g/mol. The lowest BCUT2D eigenvalue weighted by Crippen LogP contribution is -2.67. The van der Waals surface area contributed by atoms with Crippen LogP contribution < -0.4 is 19.9 Å². The van der Waals surface area contributed by atoms with E-state index in [9.17, 15) is 0 Å². The van der Waals surface area contributed by atoms with Crippen molar-refractivity contribution in [3.63, 3.8) is 0 Å². The van der Waals surface area contributed by atoms with Crippen LogP contribution in [0.15, 0.2) is 48.8 Å². The summed E-state index contributed by atoms with van der Waals surface area (Å²) in [5.74, 6) is 0.910. The molecule has 0 saturated carbocycles. The molecule has 2 aromatic rings. The number of pyridine rings is 1. The summed E-state index contributed by atoms with van der Waals surface area (Å²) >= 11 is 0. The van der Waals surface area contributed by atoms with Crippen LogP contribution in [0.1, 0.15) is 19.3 Å². The molecule has 5 nitrogen and oxygen atoms in total. The number of hydrogen-bond acceptors (Lipinski definition) is 5. The first-order valence-corrected chi connectivity index (χ1v) is 9.76. The van der Waals surface area contributed by atoms with Crippen LogP contribution in [0.3, 0.4) is 0 Å². The van der Waals surface area contributed by atoms with Gasteiger partial charge in [-0.05, 0) is 18.6 Å². The molecule has 2 bridgehead atoms. The molecule has 0 radical (unpaired) electrons. The molecule has 0 amide bonds. The molecule has 26 heavy (non-hydrogen) atoms. The Hall–Kier alpha value is -2.27. The quantitative estimate of drug-likeness (QED) is 0.918. The summed E-state index contributed by atoms with van der Waals surface area (Å²) in [6.45, 7) is 4.25. The van der Waals surface area contributed by atoms with E-state index in [1.807, 2.05) is 12.4 Å². The molecule has 1 aromatic heterocycles. The number of ether oxygens (including phenoxy) is 1. The maximum Gasteiger partial charge on any atom is 0.140 e. The maximum atomic E-state index is 6.28. The van der Waals surface area contributed by atoms with Gasteiger partial charge in [0.25, 0.3) is 0 Å². The minimum atomic E-state index is 0.281. The fourth-order valence-corrected chi connectivity index (χ4v) is 4.43. The van der Waals surface area contributed by atoms with Crippen molar-refractivity contribution in [2.24, 2.45) is 0 Å². The third-order valence-electron chi connectivity index (χ3n) is 5.85. The lowest BCUT2D eigenvalue weighted by atomic mass is 9.91. The number of nitrogens with zero attached hydrogens (tertiary/aromatic N) is 3. The van der Waals surface area contributed by atoms with Crippen molar-refractivity contribution in [3.05, 3.63) is 48.8 Å². The number of piperazine rings is 1.